The number of hydrogen-bond donors (Lipinski definition) is 1. The second kappa shape index (κ2) is 6.13. The van der Waals surface area contributed by atoms with Crippen LogP contribution in [-0.4, -0.2) is 37.6 Å². The van der Waals surface area contributed by atoms with Gasteiger partial charge in [0.25, 0.3) is 0 Å². The minimum absolute atomic E-state index is 0.0892. The van der Waals surface area contributed by atoms with Crippen molar-refractivity contribution >= 4 is 5.91 Å². The molecular formula is C15H22N2O3. The van der Waals surface area contributed by atoms with Crippen LogP contribution >= 0.6 is 0 Å². The first-order valence-corrected chi connectivity index (χ1v) is 6.90. The van der Waals surface area contributed by atoms with Gasteiger partial charge >= 0.3 is 0 Å². The fourth-order valence-electron chi connectivity index (χ4n) is 2.89. The van der Waals surface area contributed by atoms with Gasteiger partial charge in [0, 0.05) is 24.6 Å². The molecule has 0 spiro atoms. The summed E-state index contributed by atoms with van der Waals surface area (Å²) in [6.07, 6.45) is 1.21. The number of likely N-dealkylation sites (N-methyl/N-ethyl adjacent to an activating group) is 1. The highest BCUT2D eigenvalue weighted by Crippen LogP contribution is 2.40. The van der Waals surface area contributed by atoms with Crippen molar-refractivity contribution in [2.75, 3.05) is 20.8 Å². The predicted molar refractivity (Wildman–Crippen MR) is 76.9 cm³/mol. The Morgan fingerprint density at radius 1 is 1.35 bits per heavy atom. The van der Waals surface area contributed by atoms with E-state index in [4.69, 9.17) is 15.2 Å². The van der Waals surface area contributed by atoms with Gasteiger partial charge in [0.2, 0.25) is 5.91 Å². The van der Waals surface area contributed by atoms with Crippen molar-refractivity contribution in [3.8, 4) is 11.5 Å². The molecule has 1 aromatic rings. The maximum absolute atomic E-state index is 12.1. The van der Waals surface area contributed by atoms with Crippen LogP contribution in [-0.2, 0) is 4.79 Å². The first-order chi connectivity index (χ1) is 9.63. The zero-order chi connectivity index (χ0) is 14.7. The van der Waals surface area contributed by atoms with Crippen LogP contribution < -0.4 is 15.2 Å². The lowest BCUT2D eigenvalue weighted by atomic mass is 9.90. The number of carbonyl (C=O) groups excluding carboxylic acids is 1. The van der Waals surface area contributed by atoms with Crippen LogP contribution in [0.2, 0.25) is 0 Å². The van der Waals surface area contributed by atoms with Crippen LogP contribution in [0.4, 0.5) is 0 Å². The Morgan fingerprint density at radius 3 is 2.70 bits per heavy atom. The summed E-state index contributed by atoms with van der Waals surface area (Å²) in [6, 6.07) is 5.44. The molecule has 1 amide bonds. The maximum Gasteiger partial charge on any atom is 0.223 e. The molecule has 0 saturated carbocycles. The van der Waals surface area contributed by atoms with Gasteiger partial charge < -0.3 is 20.1 Å². The molecule has 1 aliphatic rings. The highest BCUT2D eigenvalue weighted by molar-refractivity contribution is 5.78. The van der Waals surface area contributed by atoms with Gasteiger partial charge in [-0.1, -0.05) is 12.1 Å². The number of methoxy groups -OCH3 is 2. The molecular weight excluding hydrogens is 256 g/mol. The molecule has 110 valence electrons. The summed E-state index contributed by atoms with van der Waals surface area (Å²) in [5, 5.41) is 0. The molecule has 5 heteroatoms. The van der Waals surface area contributed by atoms with Gasteiger partial charge in [-0.3, -0.25) is 4.79 Å². The molecule has 1 aliphatic heterocycles. The fraction of sp³-hybridized carbons (Fsp3) is 0.533. The second-order valence-electron chi connectivity index (χ2n) is 4.91. The highest BCUT2D eigenvalue weighted by atomic mass is 16.5. The average molecular weight is 278 g/mol. The molecule has 0 bridgehead atoms. The number of likely N-dealkylation sites (tertiary alicyclic amines) is 1. The van der Waals surface area contributed by atoms with Crippen LogP contribution in [0, 0.1) is 0 Å². The summed E-state index contributed by atoms with van der Waals surface area (Å²) in [6.45, 7) is 2.60. The Morgan fingerprint density at radius 2 is 2.10 bits per heavy atom. The minimum Gasteiger partial charge on any atom is -0.493 e. The minimum atomic E-state index is -0.161. The third-order valence-corrected chi connectivity index (χ3v) is 3.85. The smallest absolute Gasteiger partial charge is 0.223 e. The van der Waals surface area contributed by atoms with Crippen molar-refractivity contribution < 1.29 is 14.3 Å². The number of benzene rings is 1. The number of amides is 1. The van der Waals surface area contributed by atoms with E-state index in [1.807, 2.05) is 30.0 Å². The van der Waals surface area contributed by atoms with Gasteiger partial charge in [-0.2, -0.15) is 0 Å². The molecule has 2 rings (SSSR count). The zero-order valence-electron chi connectivity index (χ0n) is 12.3. The molecule has 1 heterocycles. The third-order valence-electron chi connectivity index (χ3n) is 3.85. The Kier molecular flexibility index (Phi) is 4.49. The number of rotatable bonds is 4. The Bertz CT molecular complexity index is 490. The molecule has 1 aromatic carbocycles. The van der Waals surface area contributed by atoms with E-state index in [-0.39, 0.29) is 18.0 Å². The monoisotopic (exact) mass is 278 g/mol. The number of hydrogen-bond acceptors (Lipinski definition) is 4. The Labute approximate surface area is 119 Å². The highest BCUT2D eigenvalue weighted by Gasteiger charge is 2.36. The molecule has 2 N–H and O–H groups in total. The summed E-state index contributed by atoms with van der Waals surface area (Å²) >= 11 is 0. The maximum atomic E-state index is 12.1. The number of ether oxygens (including phenoxy) is 2. The van der Waals surface area contributed by atoms with Crippen molar-refractivity contribution in [2.24, 2.45) is 5.73 Å². The first-order valence-electron chi connectivity index (χ1n) is 6.90. The molecule has 1 fully saturated rings. The van der Waals surface area contributed by atoms with Crippen LogP contribution in [0.3, 0.4) is 0 Å². The lowest BCUT2D eigenvalue weighted by Crippen LogP contribution is -2.48. The standard InChI is InChI=1S/C15H22N2O3/c1-4-17-13(18)9-8-11(16)14(17)10-6-5-7-12(19-2)15(10)20-3/h5-7,11,14H,4,8-9,16H2,1-3H3. The van der Waals surface area contributed by atoms with E-state index in [9.17, 15) is 4.79 Å². The Hall–Kier alpha value is -1.75. The van der Waals surface area contributed by atoms with Crippen molar-refractivity contribution in [1.82, 2.24) is 4.90 Å². The predicted octanol–water partition coefficient (Wildman–Crippen LogP) is 1.71. The average Bonchev–Trinajstić information content (AvgIpc) is 2.48. The molecule has 2 unspecified atom stereocenters. The SMILES string of the molecule is CCN1C(=O)CCC(N)C1c1cccc(OC)c1OC. The van der Waals surface area contributed by atoms with E-state index >= 15 is 0 Å². The van der Waals surface area contributed by atoms with Crippen molar-refractivity contribution in [3.05, 3.63) is 23.8 Å². The van der Waals surface area contributed by atoms with E-state index in [1.165, 1.54) is 0 Å². The summed E-state index contributed by atoms with van der Waals surface area (Å²) in [5.74, 6) is 1.46. The van der Waals surface area contributed by atoms with Crippen molar-refractivity contribution in [2.45, 2.75) is 31.8 Å². The van der Waals surface area contributed by atoms with Gasteiger partial charge in [0.1, 0.15) is 0 Å². The summed E-state index contributed by atoms with van der Waals surface area (Å²) in [4.78, 5) is 13.9. The molecule has 5 nitrogen and oxygen atoms in total. The van der Waals surface area contributed by atoms with Crippen molar-refractivity contribution in [1.29, 1.82) is 0 Å². The number of carbonyl (C=O) groups is 1. The van der Waals surface area contributed by atoms with E-state index in [0.717, 1.165) is 5.56 Å². The summed E-state index contributed by atoms with van der Waals surface area (Å²) < 4.78 is 10.8. The van der Waals surface area contributed by atoms with Crippen LogP contribution in [0.25, 0.3) is 0 Å². The van der Waals surface area contributed by atoms with Crippen LogP contribution in [0.15, 0.2) is 18.2 Å². The lowest BCUT2D eigenvalue weighted by molar-refractivity contribution is -0.137. The number of para-hydroxylation sites is 1. The number of nitrogens with zero attached hydrogens (tertiary/aromatic N) is 1. The van der Waals surface area contributed by atoms with Crippen LogP contribution in [0.5, 0.6) is 11.5 Å². The van der Waals surface area contributed by atoms with Gasteiger partial charge in [-0.05, 0) is 19.4 Å². The summed E-state index contributed by atoms with van der Waals surface area (Å²) in [5.41, 5.74) is 7.18. The molecule has 0 radical (unpaired) electrons. The fourth-order valence-corrected chi connectivity index (χ4v) is 2.89. The zero-order valence-corrected chi connectivity index (χ0v) is 12.3. The van der Waals surface area contributed by atoms with E-state index in [1.54, 1.807) is 14.2 Å². The molecule has 20 heavy (non-hydrogen) atoms. The second-order valence-corrected chi connectivity index (χ2v) is 4.91. The first kappa shape index (κ1) is 14.7. The van der Waals surface area contributed by atoms with Crippen LogP contribution in [0.1, 0.15) is 31.4 Å². The van der Waals surface area contributed by atoms with Gasteiger partial charge in [-0.25, -0.2) is 0 Å². The van der Waals surface area contributed by atoms with Gasteiger partial charge in [0.15, 0.2) is 11.5 Å². The topological polar surface area (TPSA) is 64.8 Å². The Balaban J connectivity index is 2.49. The van der Waals surface area contributed by atoms with Gasteiger partial charge in [0.05, 0.1) is 20.3 Å². The largest absolute Gasteiger partial charge is 0.493 e. The summed E-state index contributed by atoms with van der Waals surface area (Å²) in [7, 11) is 3.21. The number of nitrogens with two attached hydrogens (primary N) is 1. The third kappa shape index (κ3) is 2.45. The van der Waals surface area contributed by atoms with Gasteiger partial charge in [-0.15, -0.1) is 0 Å². The lowest BCUT2D eigenvalue weighted by Gasteiger charge is -2.40. The molecule has 0 aromatic heterocycles. The molecule has 2 atom stereocenters. The molecule has 1 saturated heterocycles. The van der Waals surface area contributed by atoms with Crippen molar-refractivity contribution in [3.63, 3.8) is 0 Å². The van der Waals surface area contributed by atoms with E-state index in [2.05, 4.69) is 0 Å². The quantitative estimate of drug-likeness (QED) is 0.910. The van der Waals surface area contributed by atoms with E-state index < -0.39 is 0 Å². The van der Waals surface area contributed by atoms with E-state index in [0.29, 0.717) is 30.9 Å². The normalized spacial score (nSPS) is 22.8. The number of piperidine rings is 1. The molecule has 0 aliphatic carbocycles.